The number of hydrogen-bond donors (Lipinski definition) is 0. The predicted octanol–water partition coefficient (Wildman–Crippen LogP) is -5.00. The van der Waals surface area contributed by atoms with Crippen molar-refractivity contribution in [2.45, 2.75) is 0 Å². The molecule has 7 heavy (non-hydrogen) atoms. The average Bonchev–Trinajstić information content (AvgIpc) is 0. The summed E-state index contributed by atoms with van der Waals surface area (Å²) in [5.41, 5.74) is 0. The van der Waals surface area contributed by atoms with Gasteiger partial charge in [0.25, 0.3) is 0 Å². The van der Waals surface area contributed by atoms with Crippen LogP contribution < -0.4 is 68.9 Å². The summed E-state index contributed by atoms with van der Waals surface area (Å²) in [6.07, 6.45) is 0. The largest absolute Gasteiger partial charge is 2.00 e. The summed E-state index contributed by atoms with van der Waals surface area (Å²) >= 11 is 0. The third-order valence-electron chi connectivity index (χ3n) is 0. The number of rotatable bonds is 0. The molecular formula is H4CsO5V-5. The minimum absolute atomic E-state index is 0. The van der Waals surface area contributed by atoms with Crippen molar-refractivity contribution in [2.75, 3.05) is 0 Å². The van der Waals surface area contributed by atoms with E-state index >= 15 is 0 Å². The Morgan fingerprint density at radius 3 is 0.571 bits per heavy atom. The normalized spacial score (nSPS) is 0. The van der Waals surface area contributed by atoms with E-state index in [1.165, 1.54) is 0 Å². The summed E-state index contributed by atoms with van der Waals surface area (Å²) in [5, 5.41) is 0. The first-order chi connectivity index (χ1) is 0. The summed E-state index contributed by atoms with van der Waals surface area (Å²) in [7, 11) is 0. The van der Waals surface area contributed by atoms with Gasteiger partial charge >= 0.3 is 68.9 Å². The summed E-state index contributed by atoms with van der Waals surface area (Å²) < 4.78 is 0. The predicted molar refractivity (Wildman–Crippen MR) is 9.29 cm³/mol. The zero-order chi connectivity index (χ0) is 0. The monoisotopic (exact) mass is 268 g/mol. The average molecular weight is 268 g/mol. The summed E-state index contributed by atoms with van der Waals surface area (Å²) in [6.45, 7) is 0. The van der Waals surface area contributed by atoms with Gasteiger partial charge in [-0.3, -0.25) is 0 Å². The van der Waals surface area contributed by atoms with Gasteiger partial charge in [-0.2, -0.15) is 0 Å². The Bertz CT molecular complexity index is 8.04. The molecule has 7 heteroatoms. The van der Waals surface area contributed by atoms with Crippen molar-refractivity contribution in [1.29, 1.82) is 0 Å². The van der Waals surface area contributed by atoms with E-state index in [0.717, 1.165) is 0 Å². The molecule has 1 radical (unpaired) electrons. The van der Waals surface area contributed by atoms with Gasteiger partial charge in [-0.15, -0.1) is 0 Å². The van der Waals surface area contributed by atoms with Crippen LogP contribution in [0.1, 0.15) is 0 Å². The first-order valence-electron chi connectivity index (χ1n) is 0. The summed E-state index contributed by atoms with van der Waals surface area (Å²) in [4.78, 5) is 0. The van der Waals surface area contributed by atoms with E-state index in [9.17, 15) is 0 Å². The van der Waals surface area contributed by atoms with E-state index < -0.39 is 0 Å². The van der Waals surface area contributed by atoms with Crippen molar-refractivity contribution >= 4 is 0 Å². The molecule has 0 unspecified atom stereocenters. The molecule has 0 atom stereocenters. The van der Waals surface area contributed by atoms with E-state index in [2.05, 4.69) is 0 Å². The molecule has 0 aliphatic rings. The first-order valence-corrected chi connectivity index (χ1v) is 0. The molecule has 0 bridgehead atoms. The zero-order valence-corrected chi connectivity index (χ0v) is 11.3. The Hall–Kier alpha value is 2.44. The molecule has 0 aliphatic carbocycles. The van der Waals surface area contributed by atoms with Gasteiger partial charge in [-0.1, -0.05) is 0 Å². The second kappa shape index (κ2) is 78.6. The van der Waals surface area contributed by atoms with Crippen molar-refractivity contribution in [2.24, 2.45) is 0 Å². The molecule has 0 saturated carbocycles. The second-order valence-electron chi connectivity index (χ2n) is 0. The van der Waals surface area contributed by atoms with Crippen molar-refractivity contribution in [1.82, 2.24) is 0 Å². The smallest absolute Gasteiger partial charge is 1.00 e. The maximum Gasteiger partial charge on any atom is 1.00 e. The standard InChI is InChI=1S/Cs.2H2O.3O.V/h;2*1H2;;;;/q+1;;;3*-2;. The molecule has 4 N–H and O–H groups in total. The number of hydrogen-bond acceptors (Lipinski definition) is 0. The third-order valence-corrected chi connectivity index (χ3v) is 0. The van der Waals surface area contributed by atoms with Gasteiger partial charge in [0.2, 0.25) is 0 Å². The van der Waals surface area contributed by atoms with E-state index in [4.69, 9.17) is 0 Å². The van der Waals surface area contributed by atoms with Gasteiger partial charge in [-0.25, -0.2) is 0 Å². The van der Waals surface area contributed by atoms with E-state index in [1.54, 1.807) is 0 Å². The van der Waals surface area contributed by atoms with Gasteiger partial charge in [0.15, 0.2) is 0 Å². The minimum Gasteiger partial charge on any atom is -2.00 e. The molecule has 5 nitrogen and oxygen atoms in total. The topological polar surface area (TPSA) is 148 Å². The van der Waals surface area contributed by atoms with Crippen LogP contribution in [0, 0.1) is 0 Å². The molecule has 0 fully saturated rings. The van der Waals surface area contributed by atoms with Crippen molar-refractivity contribution in [3.05, 3.63) is 0 Å². The Morgan fingerprint density at radius 1 is 0.571 bits per heavy atom. The molecule has 0 amide bonds. The van der Waals surface area contributed by atoms with Gasteiger partial charge in [0.1, 0.15) is 0 Å². The van der Waals surface area contributed by atoms with Crippen LogP contribution in [0.5, 0.6) is 0 Å². The maximum absolute atomic E-state index is 0. The van der Waals surface area contributed by atoms with Gasteiger partial charge in [-0.05, 0) is 0 Å². The van der Waals surface area contributed by atoms with Crippen LogP contribution in [0.25, 0.3) is 0 Å². The van der Waals surface area contributed by atoms with Gasteiger partial charge in [0, 0.05) is 18.6 Å². The Balaban J connectivity index is 0. The van der Waals surface area contributed by atoms with Gasteiger partial charge < -0.3 is 27.4 Å². The molecule has 45 valence electrons. The van der Waals surface area contributed by atoms with Crippen LogP contribution in [0.2, 0.25) is 0 Å². The van der Waals surface area contributed by atoms with Crippen LogP contribution in [-0.2, 0) is 35.0 Å². The van der Waals surface area contributed by atoms with Crippen LogP contribution in [0.3, 0.4) is 0 Å². The van der Waals surface area contributed by atoms with E-state index in [-0.39, 0.29) is 115 Å². The Morgan fingerprint density at radius 2 is 0.571 bits per heavy atom. The first kappa shape index (κ1) is 113. The molecule has 0 spiro atoms. The zero-order valence-electron chi connectivity index (χ0n) is 3.67. The van der Waals surface area contributed by atoms with Crippen LogP contribution in [-0.4, -0.2) is 11.0 Å². The Kier molecular flexibility index (Phi) is 1270. The molecule has 0 aromatic rings. The fourth-order valence-corrected chi connectivity index (χ4v) is 0. The molecule has 0 aliphatic heterocycles. The maximum atomic E-state index is 0. The fraction of sp³-hybridized carbons (Fsp3) is 0. The minimum atomic E-state index is 0. The molecule has 0 heterocycles. The van der Waals surface area contributed by atoms with Gasteiger partial charge in [0.05, 0.1) is 0 Å². The fourth-order valence-electron chi connectivity index (χ4n) is 0. The SMILES string of the molecule is O.O.[Cs+].[O-2].[O-2].[O-2].[V]. The van der Waals surface area contributed by atoms with Crippen LogP contribution >= 0.6 is 0 Å². The molecule has 0 aromatic heterocycles. The second-order valence-corrected chi connectivity index (χ2v) is 0. The summed E-state index contributed by atoms with van der Waals surface area (Å²) in [6, 6.07) is 0. The van der Waals surface area contributed by atoms with Crippen molar-refractivity contribution in [3.63, 3.8) is 0 Å². The molecular weight excluding hydrogens is 264 g/mol. The van der Waals surface area contributed by atoms with Crippen LogP contribution in [0.4, 0.5) is 0 Å². The van der Waals surface area contributed by atoms with Crippen molar-refractivity contribution in [3.8, 4) is 0 Å². The van der Waals surface area contributed by atoms with E-state index in [0.29, 0.717) is 0 Å². The Labute approximate surface area is 112 Å². The molecule has 0 saturated heterocycles. The third kappa shape index (κ3) is 58.9. The quantitative estimate of drug-likeness (QED) is 0.413. The van der Waals surface area contributed by atoms with Crippen LogP contribution in [0.15, 0.2) is 0 Å². The van der Waals surface area contributed by atoms with E-state index in [1.807, 2.05) is 0 Å². The molecule has 0 rings (SSSR count). The summed E-state index contributed by atoms with van der Waals surface area (Å²) in [5.74, 6) is 0. The molecule has 0 aromatic carbocycles. The van der Waals surface area contributed by atoms with Crippen molar-refractivity contribution < 1.29 is 115 Å².